The predicted octanol–water partition coefficient (Wildman–Crippen LogP) is 23.0. The summed E-state index contributed by atoms with van der Waals surface area (Å²) in [5.41, 5.74) is 0. The van der Waals surface area contributed by atoms with E-state index in [0.717, 1.165) is 51.4 Å². The van der Waals surface area contributed by atoms with Gasteiger partial charge in [0.25, 0.3) is 7.82 Å². The highest BCUT2D eigenvalue weighted by Gasteiger charge is 2.24. The van der Waals surface area contributed by atoms with Crippen molar-refractivity contribution in [3.8, 4) is 0 Å². The van der Waals surface area contributed by atoms with E-state index in [4.69, 9.17) is 9.05 Å². The number of phosphoric ester groups is 1. The van der Waals surface area contributed by atoms with Crippen LogP contribution in [0.2, 0.25) is 0 Å². The van der Waals surface area contributed by atoms with Gasteiger partial charge >= 0.3 is 0 Å². The van der Waals surface area contributed by atoms with Gasteiger partial charge in [-0.1, -0.05) is 359 Å². The van der Waals surface area contributed by atoms with E-state index in [0.29, 0.717) is 23.9 Å². The Hall–Kier alpha value is -1.28. The quantitative estimate of drug-likeness (QED) is 0.0272. The number of hydrogen-bond donors (Lipinski definition) is 2. The van der Waals surface area contributed by atoms with Gasteiger partial charge in [-0.05, 0) is 51.4 Å². The number of aliphatic hydroxyl groups is 1. The number of amides is 1. The van der Waals surface area contributed by atoms with Crippen LogP contribution in [0.25, 0.3) is 0 Å². The van der Waals surface area contributed by atoms with Crippen LogP contribution in [0.4, 0.5) is 0 Å². The summed E-state index contributed by atoms with van der Waals surface area (Å²) < 4.78 is 23.5. The van der Waals surface area contributed by atoms with E-state index in [9.17, 15) is 19.4 Å². The summed E-state index contributed by atoms with van der Waals surface area (Å²) in [7, 11) is 1.32. The molecular formula is C74H145N2O6P. The van der Waals surface area contributed by atoms with E-state index in [1.165, 1.54) is 302 Å². The number of hydrogen-bond acceptors (Lipinski definition) is 6. The minimum Gasteiger partial charge on any atom is -0.756 e. The number of carbonyl (C=O) groups is 1. The predicted molar refractivity (Wildman–Crippen MR) is 362 cm³/mol. The average molecular weight is 1190 g/mol. The number of aliphatic hydroxyl groups excluding tert-OH is 1. The topological polar surface area (TPSA) is 108 Å². The molecule has 3 atom stereocenters. The first-order chi connectivity index (χ1) is 40.5. The van der Waals surface area contributed by atoms with E-state index >= 15 is 0 Å². The van der Waals surface area contributed by atoms with Crippen molar-refractivity contribution in [2.24, 2.45) is 0 Å². The van der Waals surface area contributed by atoms with E-state index in [1.54, 1.807) is 0 Å². The Labute approximate surface area is 518 Å². The molecule has 83 heavy (non-hydrogen) atoms. The van der Waals surface area contributed by atoms with Crippen LogP contribution in [0, 0.1) is 0 Å². The number of carbonyl (C=O) groups excluding carboxylic acids is 1. The Bertz CT molecular complexity index is 1450. The summed E-state index contributed by atoms with van der Waals surface area (Å²) in [6, 6.07) is -0.799. The van der Waals surface area contributed by atoms with Crippen LogP contribution in [0.5, 0.6) is 0 Å². The largest absolute Gasteiger partial charge is 0.756 e. The summed E-state index contributed by atoms with van der Waals surface area (Å²) >= 11 is 0. The highest BCUT2D eigenvalue weighted by Crippen LogP contribution is 2.38. The smallest absolute Gasteiger partial charge is 0.268 e. The molecule has 3 unspecified atom stereocenters. The van der Waals surface area contributed by atoms with Crippen molar-refractivity contribution in [3.05, 3.63) is 36.5 Å². The maximum absolute atomic E-state index is 13.1. The van der Waals surface area contributed by atoms with Crippen LogP contribution >= 0.6 is 7.82 Å². The molecule has 492 valence electrons. The molecule has 0 spiro atoms. The van der Waals surface area contributed by atoms with Gasteiger partial charge in [0.05, 0.1) is 39.9 Å². The second-order valence-electron chi connectivity index (χ2n) is 26.7. The van der Waals surface area contributed by atoms with Crippen molar-refractivity contribution in [1.82, 2.24) is 5.32 Å². The Morgan fingerprint density at radius 1 is 0.422 bits per heavy atom. The molecule has 0 rings (SSSR count). The van der Waals surface area contributed by atoms with Gasteiger partial charge in [0, 0.05) is 6.42 Å². The Morgan fingerprint density at radius 3 is 1.01 bits per heavy atom. The van der Waals surface area contributed by atoms with Crippen LogP contribution < -0.4 is 10.2 Å². The molecule has 9 heteroatoms. The van der Waals surface area contributed by atoms with Crippen molar-refractivity contribution in [1.29, 1.82) is 0 Å². The number of allylic oxidation sites excluding steroid dienone is 6. The lowest BCUT2D eigenvalue weighted by atomic mass is 10.0. The van der Waals surface area contributed by atoms with E-state index in [-0.39, 0.29) is 19.1 Å². The first kappa shape index (κ1) is 81.7. The fraction of sp³-hybridized carbons (Fsp3) is 0.905. The lowest BCUT2D eigenvalue weighted by molar-refractivity contribution is -0.870. The molecule has 0 heterocycles. The molecular weight excluding hydrogens is 1040 g/mol. The molecule has 1 amide bonds. The number of nitrogens with one attached hydrogen (secondary N) is 1. The molecule has 0 aliphatic carbocycles. The summed E-state index contributed by atoms with van der Waals surface area (Å²) in [6.45, 7) is 4.77. The van der Waals surface area contributed by atoms with Gasteiger partial charge in [-0.25, -0.2) is 0 Å². The highest BCUT2D eigenvalue weighted by molar-refractivity contribution is 7.45. The molecule has 0 radical (unpaired) electrons. The van der Waals surface area contributed by atoms with Crippen LogP contribution in [0.1, 0.15) is 380 Å². The SMILES string of the molecule is CCCCCCC/C=C\C/C=C\C/C=C\CCCCCCCCCCCCCCCCCCCCCCCCCCCCC(=O)NC(COP(=O)([O-])OCC[N+](C)(C)C)C(O)CCCCCCCCCCCCCCCCCCCCCC. The number of rotatable bonds is 69. The molecule has 0 saturated heterocycles. The van der Waals surface area contributed by atoms with Gasteiger partial charge in [0.2, 0.25) is 5.91 Å². The molecule has 0 aromatic rings. The van der Waals surface area contributed by atoms with E-state index in [2.05, 4.69) is 55.6 Å². The maximum Gasteiger partial charge on any atom is 0.268 e. The first-order valence-corrected chi connectivity index (χ1v) is 38.3. The van der Waals surface area contributed by atoms with Gasteiger partial charge in [0.1, 0.15) is 13.2 Å². The van der Waals surface area contributed by atoms with Crippen LogP contribution in [-0.4, -0.2) is 68.5 Å². The normalized spacial score (nSPS) is 13.8. The third kappa shape index (κ3) is 68.1. The zero-order chi connectivity index (χ0) is 60.5. The van der Waals surface area contributed by atoms with E-state index in [1.807, 2.05) is 21.1 Å². The lowest BCUT2D eigenvalue weighted by Crippen LogP contribution is -2.46. The van der Waals surface area contributed by atoms with Crippen LogP contribution in [0.3, 0.4) is 0 Å². The standard InChI is InChI=1S/C74H145N2O6P/c1-6-8-10-12-14-16-18-20-22-24-26-28-29-30-31-32-33-34-35-36-37-38-39-40-41-42-43-44-45-46-47-48-50-52-54-56-58-60-62-64-66-68-74(78)75-72(71-82-83(79,80)81-70-69-76(3,4)5)73(77)67-65-63-61-59-57-55-53-51-49-27-25-23-21-19-17-15-13-11-9-7-2/h18,20,24,26,29-30,72-73,77H,6-17,19,21-23,25,27-28,31-71H2,1-5H3,(H-,75,78,79,80)/b20-18-,26-24-,30-29-. The fourth-order valence-electron chi connectivity index (χ4n) is 11.4. The van der Waals surface area contributed by atoms with Crippen molar-refractivity contribution in [2.75, 3.05) is 40.9 Å². The summed E-state index contributed by atoms with van der Waals surface area (Å²) in [6.07, 6.45) is 86.7. The van der Waals surface area contributed by atoms with Crippen molar-refractivity contribution in [2.45, 2.75) is 392 Å². The number of quaternary nitrogens is 1. The van der Waals surface area contributed by atoms with Gasteiger partial charge in [-0.15, -0.1) is 0 Å². The molecule has 0 aromatic heterocycles. The third-order valence-electron chi connectivity index (χ3n) is 17.1. The van der Waals surface area contributed by atoms with Crippen molar-refractivity contribution < 1.29 is 32.9 Å². The number of nitrogens with zero attached hydrogens (tertiary/aromatic N) is 1. The zero-order valence-corrected chi connectivity index (χ0v) is 57.3. The molecule has 0 saturated carbocycles. The highest BCUT2D eigenvalue weighted by atomic mass is 31.2. The molecule has 0 fully saturated rings. The molecule has 0 aromatic carbocycles. The third-order valence-corrected chi connectivity index (χ3v) is 18.1. The zero-order valence-electron chi connectivity index (χ0n) is 56.4. The molecule has 0 aliphatic rings. The van der Waals surface area contributed by atoms with Gasteiger partial charge in [-0.3, -0.25) is 9.36 Å². The summed E-state index contributed by atoms with van der Waals surface area (Å²) in [5.74, 6) is -0.156. The second kappa shape index (κ2) is 65.2. The number of unbranched alkanes of at least 4 members (excludes halogenated alkanes) is 50. The first-order valence-electron chi connectivity index (χ1n) is 36.8. The molecule has 2 N–H and O–H groups in total. The maximum atomic E-state index is 13.1. The Kier molecular flexibility index (Phi) is 64.2. The number of phosphoric acid groups is 1. The van der Waals surface area contributed by atoms with Gasteiger partial charge in [0.15, 0.2) is 0 Å². The second-order valence-corrected chi connectivity index (χ2v) is 28.1. The van der Waals surface area contributed by atoms with E-state index < -0.39 is 20.0 Å². The van der Waals surface area contributed by atoms with Gasteiger partial charge in [-0.2, -0.15) is 0 Å². The molecule has 8 nitrogen and oxygen atoms in total. The molecule has 0 aliphatic heterocycles. The molecule has 0 bridgehead atoms. The number of likely N-dealkylation sites (N-methyl/N-ethyl adjacent to an activating group) is 1. The minimum absolute atomic E-state index is 0.0151. The lowest BCUT2D eigenvalue weighted by Gasteiger charge is -2.30. The Balaban J connectivity index is 3.87. The average Bonchev–Trinajstić information content (AvgIpc) is 3.49. The van der Waals surface area contributed by atoms with Crippen molar-refractivity contribution in [3.63, 3.8) is 0 Å². The summed E-state index contributed by atoms with van der Waals surface area (Å²) in [4.78, 5) is 25.7. The van der Waals surface area contributed by atoms with Crippen LogP contribution in [0.15, 0.2) is 36.5 Å². The van der Waals surface area contributed by atoms with Crippen LogP contribution in [-0.2, 0) is 18.4 Å². The van der Waals surface area contributed by atoms with Gasteiger partial charge < -0.3 is 28.8 Å². The fourth-order valence-corrected chi connectivity index (χ4v) is 12.1. The van der Waals surface area contributed by atoms with Crippen molar-refractivity contribution >= 4 is 13.7 Å². The summed E-state index contributed by atoms with van der Waals surface area (Å²) in [5, 5.41) is 14.1. The monoisotopic (exact) mass is 1190 g/mol. The minimum atomic E-state index is -4.58. The Morgan fingerprint density at radius 2 is 0.699 bits per heavy atom.